The normalized spacial score (nSPS) is 12.0. The molecule has 7 nitrogen and oxygen atoms in total. The lowest BCUT2D eigenvalue weighted by Crippen LogP contribution is -2.39. The highest BCUT2D eigenvalue weighted by Gasteiger charge is 2.20. The molecule has 0 spiro atoms. The van der Waals surface area contributed by atoms with Crippen molar-refractivity contribution in [3.63, 3.8) is 0 Å². The first-order valence-corrected chi connectivity index (χ1v) is 8.79. The van der Waals surface area contributed by atoms with Crippen LogP contribution in [0.3, 0.4) is 0 Å². The maximum atomic E-state index is 13.0. The minimum atomic E-state index is -0.478. The first-order chi connectivity index (χ1) is 13.0. The second-order valence-corrected chi connectivity index (χ2v) is 6.48. The predicted octanol–water partition coefficient (Wildman–Crippen LogP) is 1.85. The van der Waals surface area contributed by atoms with E-state index in [1.165, 1.54) is 9.25 Å². The summed E-state index contributed by atoms with van der Waals surface area (Å²) in [4.78, 5) is 25.3. The highest BCUT2D eigenvalue weighted by atomic mass is 35.5. The second-order valence-electron chi connectivity index (χ2n) is 6.07. The summed E-state index contributed by atoms with van der Waals surface area (Å²) in [5, 5.41) is 16.5. The molecule has 3 aromatic rings. The molecule has 1 heterocycles. The van der Waals surface area contributed by atoms with Crippen LogP contribution in [0.2, 0.25) is 5.02 Å². The summed E-state index contributed by atoms with van der Waals surface area (Å²) in [6.07, 6.45) is 0. The smallest absolute Gasteiger partial charge is 0.351 e. The van der Waals surface area contributed by atoms with Crippen molar-refractivity contribution in [1.82, 2.24) is 19.7 Å². The Bertz CT molecular complexity index is 998. The number of hydrogen-bond acceptors (Lipinski definition) is 4. The second kappa shape index (κ2) is 8.20. The molecule has 1 aromatic heterocycles. The maximum Gasteiger partial charge on any atom is 0.351 e. The lowest BCUT2D eigenvalue weighted by atomic mass is 10.2. The topological polar surface area (TPSA) is 89.2 Å². The van der Waals surface area contributed by atoms with E-state index in [0.717, 1.165) is 0 Å². The van der Waals surface area contributed by atoms with Crippen LogP contribution in [0.5, 0.6) is 0 Å². The van der Waals surface area contributed by atoms with E-state index < -0.39 is 17.6 Å². The Labute approximate surface area is 160 Å². The monoisotopic (exact) mass is 386 g/mol. The van der Waals surface area contributed by atoms with Crippen LogP contribution in [0.1, 0.15) is 6.92 Å². The Morgan fingerprint density at radius 1 is 1.19 bits per heavy atom. The van der Waals surface area contributed by atoms with Crippen LogP contribution in [0.25, 0.3) is 17.1 Å². The van der Waals surface area contributed by atoms with Crippen LogP contribution in [-0.4, -0.2) is 38.0 Å². The average Bonchev–Trinajstić information content (AvgIpc) is 2.99. The highest BCUT2D eigenvalue weighted by Crippen LogP contribution is 2.20. The fourth-order valence-electron chi connectivity index (χ4n) is 2.63. The maximum absolute atomic E-state index is 13.0. The summed E-state index contributed by atoms with van der Waals surface area (Å²) >= 11 is 6.22. The zero-order chi connectivity index (χ0) is 19.4. The summed E-state index contributed by atoms with van der Waals surface area (Å²) in [5.41, 5.74) is 0.654. The molecule has 0 aliphatic heterocycles. The largest absolute Gasteiger partial charge is 0.394 e. The van der Waals surface area contributed by atoms with Gasteiger partial charge in [-0.15, -0.1) is 5.10 Å². The molecule has 0 aliphatic rings. The molecular weight excluding hydrogens is 368 g/mol. The van der Waals surface area contributed by atoms with Gasteiger partial charge in [-0.25, -0.2) is 4.79 Å². The molecule has 0 bridgehead atoms. The van der Waals surface area contributed by atoms with Gasteiger partial charge >= 0.3 is 5.69 Å². The number of carbonyl (C=O) groups excluding carboxylic acids is 1. The van der Waals surface area contributed by atoms with E-state index in [-0.39, 0.29) is 13.2 Å². The Morgan fingerprint density at radius 2 is 1.85 bits per heavy atom. The van der Waals surface area contributed by atoms with E-state index in [0.29, 0.717) is 22.1 Å². The molecule has 140 valence electrons. The first kappa shape index (κ1) is 18.9. The van der Waals surface area contributed by atoms with Gasteiger partial charge in [-0.2, -0.15) is 4.68 Å². The highest BCUT2D eigenvalue weighted by molar-refractivity contribution is 6.32. The van der Waals surface area contributed by atoms with E-state index in [1.807, 2.05) is 30.3 Å². The van der Waals surface area contributed by atoms with Gasteiger partial charge < -0.3 is 10.4 Å². The fourth-order valence-corrected chi connectivity index (χ4v) is 2.85. The van der Waals surface area contributed by atoms with Crippen molar-refractivity contribution in [2.24, 2.45) is 0 Å². The number of para-hydroxylation sites is 1. The van der Waals surface area contributed by atoms with Crippen molar-refractivity contribution in [2.75, 3.05) is 6.61 Å². The van der Waals surface area contributed by atoms with Gasteiger partial charge in [-0.05, 0) is 19.1 Å². The van der Waals surface area contributed by atoms with Crippen molar-refractivity contribution in [3.8, 4) is 17.1 Å². The molecule has 0 fully saturated rings. The number of benzene rings is 2. The minimum absolute atomic E-state index is 0.189. The van der Waals surface area contributed by atoms with Crippen LogP contribution < -0.4 is 11.0 Å². The molecule has 0 radical (unpaired) electrons. The average molecular weight is 387 g/mol. The van der Waals surface area contributed by atoms with Crippen LogP contribution >= 0.6 is 11.6 Å². The van der Waals surface area contributed by atoms with Gasteiger partial charge in [-0.3, -0.25) is 9.36 Å². The molecule has 1 atom stereocenters. The van der Waals surface area contributed by atoms with Gasteiger partial charge in [-0.1, -0.05) is 54.1 Å². The van der Waals surface area contributed by atoms with E-state index in [2.05, 4.69) is 10.4 Å². The first-order valence-electron chi connectivity index (χ1n) is 8.41. The molecular formula is C19H19ClN4O3. The van der Waals surface area contributed by atoms with E-state index in [4.69, 9.17) is 16.7 Å². The van der Waals surface area contributed by atoms with Crippen LogP contribution in [0, 0.1) is 0 Å². The number of amides is 1. The molecule has 0 saturated carbocycles. The lowest BCUT2D eigenvalue weighted by Gasteiger charge is -2.11. The number of rotatable bonds is 6. The summed E-state index contributed by atoms with van der Waals surface area (Å²) in [6, 6.07) is 15.6. The predicted molar refractivity (Wildman–Crippen MR) is 103 cm³/mol. The van der Waals surface area contributed by atoms with Gasteiger partial charge in [0.15, 0.2) is 5.82 Å². The zero-order valence-electron chi connectivity index (χ0n) is 14.7. The van der Waals surface area contributed by atoms with Crippen molar-refractivity contribution in [3.05, 3.63) is 70.1 Å². The Balaban J connectivity index is 2.09. The number of hydrogen-bond donors (Lipinski definition) is 2. The fraction of sp³-hybridized carbons (Fsp3) is 0.211. The zero-order valence-corrected chi connectivity index (χ0v) is 15.4. The quantitative estimate of drug-likeness (QED) is 0.676. The molecule has 8 heteroatoms. The lowest BCUT2D eigenvalue weighted by molar-refractivity contribution is -0.122. The van der Waals surface area contributed by atoms with Crippen molar-refractivity contribution in [2.45, 2.75) is 19.5 Å². The minimum Gasteiger partial charge on any atom is -0.394 e. The number of nitrogens with one attached hydrogen (secondary N) is 1. The molecule has 1 amide bonds. The van der Waals surface area contributed by atoms with E-state index in [9.17, 15) is 9.59 Å². The summed E-state index contributed by atoms with van der Waals surface area (Å²) in [6.45, 7) is 1.26. The summed E-state index contributed by atoms with van der Waals surface area (Å²) < 4.78 is 2.48. The molecule has 0 saturated heterocycles. The van der Waals surface area contributed by atoms with E-state index >= 15 is 0 Å². The molecule has 0 aliphatic carbocycles. The Morgan fingerprint density at radius 3 is 2.52 bits per heavy atom. The number of aliphatic hydroxyl groups excluding tert-OH is 1. The van der Waals surface area contributed by atoms with Gasteiger partial charge in [0.05, 0.1) is 17.3 Å². The van der Waals surface area contributed by atoms with Crippen LogP contribution in [-0.2, 0) is 11.3 Å². The number of aliphatic hydroxyl groups is 1. The summed E-state index contributed by atoms with van der Waals surface area (Å²) in [7, 11) is 0. The van der Waals surface area contributed by atoms with Crippen molar-refractivity contribution < 1.29 is 9.90 Å². The standard InChI is InChI=1S/C19H19ClN4O3/c1-13(12-25)21-17(26)11-23-18(14-7-3-2-4-8-14)22-24(19(23)27)16-10-6-5-9-15(16)20/h2-10,13,25H,11-12H2,1H3,(H,21,26)/t13-/m1/s1. The number of nitrogens with zero attached hydrogens (tertiary/aromatic N) is 3. The Hall–Kier alpha value is -2.90. The molecule has 0 unspecified atom stereocenters. The van der Waals surface area contributed by atoms with Crippen molar-refractivity contribution in [1.29, 1.82) is 0 Å². The third-order valence-corrected chi connectivity index (χ3v) is 4.28. The SMILES string of the molecule is C[C@H](CO)NC(=O)Cn1c(-c2ccccc2)nn(-c2ccccc2Cl)c1=O. The van der Waals surface area contributed by atoms with Crippen LogP contribution in [0.4, 0.5) is 0 Å². The van der Waals surface area contributed by atoms with Gasteiger partial charge in [0.25, 0.3) is 0 Å². The van der Waals surface area contributed by atoms with Gasteiger partial charge in [0, 0.05) is 11.6 Å². The molecule has 2 aromatic carbocycles. The Kier molecular flexibility index (Phi) is 5.73. The van der Waals surface area contributed by atoms with Crippen molar-refractivity contribution >= 4 is 17.5 Å². The number of halogens is 1. The van der Waals surface area contributed by atoms with Crippen LogP contribution in [0.15, 0.2) is 59.4 Å². The number of aromatic nitrogens is 3. The molecule has 2 N–H and O–H groups in total. The third-order valence-electron chi connectivity index (χ3n) is 3.96. The molecule has 27 heavy (non-hydrogen) atoms. The van der Waals surface area contributed by atoms with E-state index in [1.54, 1.807) is 31.2 Å². The summed E-state index contributed by atoms with van der Waals surface area (Å²) in [5.74, 6) is -0.0399. The third kappa shape index (κ3) is 4.10. The van der Waals surface area contributed by atoms with Gasteiger partial charge in [0.1, 0.15) is 6.54 Å². The molecule has 3 rings (SSSR count). The van der Waals surface area contributed by atoms with Gasteiger partial charge in [0.2, 0.25) is 5.91 Å². The number of carbonyl (C=O) groups is 1.